The zero-order valence-corrected chi connectivity index (χ0v) is 16.9. The van der Waals surface area contributed by atoms with Gasteiger partial charge in [0.2, 0.25) is 11.6 Å². The lowest BCUT2D eigenvalue weighted by atomic mass is 9.93. The summed E-state index contributed by atoms with van der Waals surface area (Å²) in [5.41, 5.74) is 1.37. The van der Waals surface area contributed by atoms with Crippen molar-refractivity contribution in [1.82, 2.24) is 0 Å². The molecular formula is C21H29NO6. The quantitative estimate of drug-likeness (QED) is 0.559. The SMILES string of the molecule is C[C@@H]1CCC(O)C(=O)C(=O)CCCc2cc(N(C)C)cc(O)c2C(=O)O[C@H]1C. The lowest BCUT2D eigenvalue weighted by Crippen LogP contribution is -2.30. The molecule has 3 atom stereocenters. The number of aliphatic hydroxyl groups excluding tert-OH is 1. The molecule has 1 aliphatic rings. The van der Waals surface area contributed by atoms with Crippen molar-refractivity contribution in [3.8, 4) is 5.75 Å². The van der Waals surface area contributed by atoms with Crippen molar-refractivity contribution in [3.05, 3.63) is 23.3 Å². The third-order valence-electron chi connectivity index (χ3n) is 5.32. The van der Waals surface area contributed by atoms with Gasteiger partial charge in [-0.2, -0.15) is 0 Å². The first kappa shape index (κ1) is 21.9. The molecule has 2 rings (SSSR count). The van der Waals surface area contributed by atoms with Crippen LogP contribution < -0.4 is 4.90 Å². The Morgan fingerprint density at radius 3 is 2.39 bits per heavy atom. The number of ketones is 2. The van der Waals surface area contributed by atoms with Crippen molar-refractivity contribution in [3.63, 3.8) is 0 Å². The van der Waals surface area contributed by atoms with Crippen LogP contribution in [0.1, 0.15) is 55.5 Å². The fraction of sp³-hybridized carbons (Fsp3) is 0.571. The van der Waals surface area contributed by atoms with Gasteiger partial charge in [0.25, 0.3) is 0 Å². The van der Waals surface area contributed by atoms with E-state index in [0.717, 1.165) is 0 Å². The van der Waals surface area contributed by atoms with Gasteiger partial charge in [-0.1, -0.05) is 6.92 Å². The van der Waals surface area contributed by atoms with Gasteiger partial charge in [-0.25, -0.2) is 4.79 Å². The molecule has 0 aliphatic carbocycles. The van der Waals surface area contributed by atoms with Crippen LogP contribution >= 0.6 is 0 Å². The Bertz CT molecular complexity index is 758. The smallest absolute Gasteiger partial charge is 0.342 e. The van der Waals surface area contributed by atoms with Gasteiger partial charge in [0.05, 0.1) is 0 Å². The number of carbonyl (C=O) groups excluding carboxylic acids is 3. The topological polar surface area (TPSA) is 104 Å². The minimum atomic E-state index is -1.32. The van der Waals surface area contributed by atoms with Gasteiger partial charge in [-0.3, -0.25) is 9.59 Å². The molecule has 0 fully saturated rings. The molecule has 0 spiro atoms. The monoisotopic (exact) mass is 391 g/mol. The van der Waals surface area contributed by atoms with Crippen molar-refractivity contribution in [1.29, 1.82) is 0 Å². The molecule has 0 radical (unpaired) electrons. The van der Waals surface area contributed by atoms with E-state index in [4.69, 9.17) is 4.74 Å². The average Bonchev–Trinajstić information content (AvgIpc) is 2.63. The van der Waals surface area contributed by atoms with Gasteiger partial charge >= 0.3 is 5.97 Å². The van der Waals surface area contributed by atoms with Crippen molar-refractivity contribution < 1.29 is 29.3 Å². The number of phenolic OH excluding ortho intramolecular Hbond substituents is 1. The number of hydrogen-bond donors (Lipinski definition) is 2. The second-order valence-corrected chi connectivity index (χ2v) is 7.72. The molecule has 28 heavy (non-hydrogen) atoms. The van der Waals surface area contributed by atoms with Gasteiger partial charge in [0, 0.05) is 32.3 Å². The first-order valence-electron chi connectivity index (χ1n) is 9.61. The zero-order chi connectivity index (χ0) is 21.0. The number of Topliss-reactive ketones (excluding diaryl/α,β-unsaturated/α-hetero) is 2. The van der Waals surface area contributed by atoms with E-state index in [9.17, 15) is 24.6 Å². The van der Waals surface area contributed by atoms with E-state index in [-0.39, 0.29) is 30.1 Å². The molecule has 1 aromatic carbocycles. The van der Waals surface area contributed by atoms with Crippen molar-refractivity contribution in [2.24, 2.45) is 5.92 Å². The standard InChI is InChI=1S/C21H29NO6/c1-12-8-9-17(24)20(26)16(23)7-5-6-14-10-15(22(3)4)11-18(25)19(14)21(27)28-13(12)2/h10-13,17,24-25H,5-9H2,1-4H3/t12-,13+,17?/m1/s1. The lowest BCUT2D eigenvalue weighted by molar-refractivity contribution is -0.142. The molecule has 0 bridgehead atoms. The molecule has 1 unspecified atom stereocenters. The number of aryl methyl sites for hydroxylation is 1. The number of esters is 1. The minimum Gasteiger partial charge on any atom is -0.507 e. The molecule has 1 aliphatic heterocycles. The zero-order valence-electron chi connectivity index (χ0n) is 16.9. The number of aromatic hydroxyl groups is 1. The summed E-state index contributed by atoms with van der Waals surface area (Å²) in [6.45, 7) is 3.58. The summed E-state index contributed by atoms with van der Waals surface area (Å²) >= 11 is 0. The summed E-state index contributed by atoms with van der Waals surface area (Å²) in [5, 5.41) is 20.5. The summed E-state index contributed by atoms with van der Waals surface area (Å²) in [6, 6.07) is 3.28. The van der Waals surface area contributed by atoms with Gasteiger partial charge in [-0.05, 0) is 50.2 Å². The predicted molar refractivity (Wildman–Crippen MR) is 105 cm³/mol. The minimum absolute atomic E-state index is 0.0245. The molecule has 7 nitrogen and oxygen atoms in total. The van der Waals surface area contributed by atoms with E-state index in [2.05, 4.69) is 0 Å². The second kappa shape index (κ2) is 9.19. The number of benzene rings is 1. The number of carbonyl (C=O) groups is 3. The van der Waals surface area contributed by atoms with Crippen LogP contribution in [0.4, 0.5) is 5.69 Å². The fourth-order valence-corrected chi connectivity index (χ4v) is 3.24. The molecule has 2 N–H and O–H groups in total. The summed E-state index contributed by atoms with van der Waals surface area (Å²) in [7, 11) is 3.63. The Hall–Kier alpha value is -2.41. The van der Waals surface area contributed by atoms with Gasteiger partial charge < -0.3 is 19.8 Å². The first-order chi connectivity index (χ1) is 13.1. The normalized spacial score (nSPS) is 24.9. The van der Waals surface area contributed by atoms with Crippen LogP contribution in [0.2, 0.25) is 0 Å². The van der Waals surface area contributed by atoms with E-state index in [1.807, 2.05) is 21.0 Å². The number of ether oxygens (including phenoxy) is 1. The molecule has 0 saturated carbocycles. The van der Waals surface area contributed by atoms with Crippen LogP contribution in [0.3, 0.4) is 0 Å². The highest BCUT2D eigenvalue weighted by atomic mass is 16.5. The number of anilines is 1. The Kier molecular flexibility index (Phi) is 7.18. The van der Waals surface area contributed by atoms with Crippen LogP contribution in [-0.4, -0.2) is 54.1 Å². The van der Waals surface area contributed by atoms with Crippen LogP contribution in [0.5, 0.6) is 5.75 Å². The number of fused-ring (bicyclic) bond motifs is 1. The van der Waals surface area contributed by atoms with E-state index < -0.39 is 29.7 Å². The Morgan fingerprint density at radius 1 is 1.07 bits per heavy atom. The number of hydrogen-bond acceptors (Lipinski definition) is 7. The van der Waals surface area contributed by atoms with Crippen molar-refractivity contribution in [2.45, 2.75) is 58.2 Å². The van der Waals surface area contributed by atoms with E-state index in [1.54, 1.807) is 17.9 Å². The lowest BCUT2D eigenvalue weighted by Gasteiger charge is -2.23. The first-order valence-corrected chi connectivity index (χ1v) is 9.61. The Balaban J connectivity index is 2.41. The van der Waals surface area contributed by atoms with Crippen LogP contribution in [0.25, 0.3) is 0 Å². The molecule has 1 aromatic rings. The maximum Gasteiger partial charge on any atom is 0.342 e. The average molecular weight is 391 g/mol. The molecule has 154 valence electrons. The Labute approximate surface area is 165 Å². The number of rotatable bonds is 1. The van der Waals surface area contributed by atoms with Gasteiger partial charge in [-0.15, -0.1) is 0 Å². The number of aliphatic hydroxyl groups is 1. The molecule has 1 heterocycles. The summed E-state index contributed by atoms with van der Waals surface area (Å²) in [5.74, 6) is -2.29. The highest BCUT2D eigenvalue weighted by molar-refractivity contribution is 6.38. The molecule has 0 aromatic heterocycles. The Morgan fingerprint density at radius 2 is 1.75 bits per heavy atom. The molecule has 0 amide bonds. The van der Waals surface area contributed by atoms with Crippen LogP contribution in [-0.2, 0) is 20.7 Å². The fourth-order valence-electron chi connectivity index (χ4n) is 3.24. The third-order valence-corrected chi connectivity index (χ3v) is 5.32. The largest absolute Gasteiger partial charge is 0.507 e. The van der Waals surface area contributed by atoms with Crippen LogP contribution in [0, 0.1) is 5.92 Å². The summed E-state index contributed by atoms with van der Waals surface area (Å²) in [4.78, 5) is 38.7. The van der Waals surface area contributed by atoms with Crippen molar-refractivity contribution in [2.75, 3.05) is 19.0 Å². The maximum absolute atomic E-state index is 12.7. The number of phenols is 1. The van der Waals surface area contributed by atoms with Gasteiger partial charge in [0.1, 0.15) is 23.5 Å². The number of cyclic esters (lactones) is 1. The maximum atomic E-state index is 12.7. The highest BCUT2D eigenvalue weighted by Crippen LogP contribution is 2.31. The van der Waals surface area contributed by atoms with Gasteiger partial charge in [0.15, 0.2) is 0 Å². The van der Waals surface area contributed by atoms with E-state index >= 15 is 0 Å². The van der Waals surface area contributed by atoms with Crippen molar-refractivity contribution >= 4 is 23.2 Å². The summed E-state index contributed by atoms with van der Waals surface area (Å²) < 4.78 is 5.55. The molecular weight excluding hydrogens is 362 g/mol. The summed E-state index contributed by atoms with van der Waals surface area (Å²) in [6.07, 6.45) is -0.622. The molecule has 0 saturated heterocycles. The second-order valence-electron chi connectivity index (χ2n) is 7.72. The predicted octanol–water partition coefficient (Wildman–Crippen LogP) is 2.26. The van der Waals surface area contributed by atoms with E-state index in [1.165, 1.54) is 6.07 Å². The highest BCUT2D eigenvalue weighted by Gasteiger charge is 2.28. The van der Waals surface area contributed by atoms with E-state index in [0.29, 0.717) is 30.5 Å². The molecule has 7 heteroatoms. The number of nitrogens with zero attached hydrogens (tertiary/aromatic N) is 1. The van der Waals surface area contributed by atoms with Crippen LogP contribution in [0.15, 0.2) is 12.1 Å². The third kappa shape index (κ3) is 5.10.